The summed E-state index contributed by atoms with van der Waals surface area (Å²) in [7, 11) is 0. The Hall–Kier alpha value is -2.65. The second-order valence-corrected chi connectivity index (χ2v) is 9.94. The molecule has 4 rings (SSSR count). The van der Waals surface area contributed by atoms with Crippen molar-refractivity contribution in [2.75, 3.05) is 0 Å². The van der Waals surface area contributed by atoms with Crippen LogP contribution in [0.1, 0.15) is 79.8 Å². The van der Waals surface area contributed by atoms with Gasteiger partial charge >= 0.3 is 12.4 Å². The van der Waals surface area contributed by atoms with Crippen molar-refractivity contribution < 1.29 is 36.0 Å². The van der Waals surface area contributed by atoms with Crippen molar-refractivity contribution in [2.45, 2.75) is 89.2 Å². The maximum atomic E-state index is 14.4. The third-order valence-electron chi connectivity index (χ3n) is 7.01. The summed E-state index contributed by atoms with van der Waals surface area (Å²) in [5.41, 5.74) is -4.88. The number of allylic oxidation sites excluding steroid dienone is 1. The van der Waals surface area contributed by atoms with Gasteiger partial charge < -0.3 is 4.84 Å². The first-order chi connectivity index (χ1) is 16.8. The van der Waals surface area contributed by atoms with Crippen molar-refractivity contribution in [1.29, 1.82) is 0 Å². The third kappa shape index (κ3) is 5.37. The normalized spacial score (nSPS) is 25.0. The van der Waals surface area contributed by atoms with Gasteiger partial charge in [-0.25, -0.2) is 0 Å². The SMILES string of the molecule is Cc1ccc(C2=NOC(C3=CCCC(C)N=C3C(F)(F)F)(C(F)(F)F)C2)cc1C(=O)CCCC1CC1. The maximum Gasteiger partial charge on any atom is 0.435 e. The highest BCUT2D eigenvalue weighted by molar-refractivity contribution is 6.10. The molecular formula is C26H28F6N2O2. The van der Waals surface area contributed by atoms with Gasteiger partial charge in [0.25, 0.3) is 5.60 Å². The molecule has 1 aromatic rings. The number of rotatable bonds is 7. The number of carbonyl (C=O) groups is 1. The summed E-state index contributed by atoms with van der Waals surface area (Å²) in [6, 6.07) is 3.78. The molecule has 0 radical (unpaired) electrons. The van der Waals surface area contributed by atoms with Crippen LogP contribution in [0.15, 0.2) is 40.0 Å². The lowest BCUT2D eigenvalue weighted by atomic mass is 9.82. The van der Waals surface area contributed by atoms with Crippen LogP contribution in [0.5, 0.6) is 0 Å². The molecule has 36 heavy (non-hydrogen) atoms. The van der Waals surface area contributed by atoms with E-state index in [1.165, 1.54) is 31.9 Å². The number of carbonyl (C=O) groups excluding carboxylic acids is 1. The minimum absolute atomic E-state index is 0.0137. The fourth-order valence-electron chi connectivity index (χ4n) is 4.73. The molecule has 3 aliphatic rings. The topological polar surface area (TPSA) is 51.0 Å². The van der Waals surface area contributed by atoms with Crippen LogP contribution in [-0.2, 0) is 4.84 Å². The number of alkyl halides is 6. The van der Waals surface area contributed by atoms with Crippen LogP contribution in [-0.4, -0.2) is 41.2 Å². The second kappa shape index (κ2) is 9.67. The van der Waals surface area contributed by atoms with E-state index in [1.54, 1.807) is 13.0 Å². The number of aryl methyl sites for hydroxylation is 1. The third-order valence-corrected chi connectivity index (χ3v) is 7.01. The average molecular weight is 515 g/mol. The Morgan fingerprint density at radius 2 is 1.86 bits per heavy atom. The van der Waals surface area contributed by atoms with Crippen molar-refractivity contribution in [3.63, 3.8) is 0 Å². The zero-order chi connectivity index (χ0) is 26.3. The van der Waals surface area contributed by atoms with Crippen molar-refractivity contribution in [2.24, 2.45) is 16.1 Å². The minimum atomic E-state index is -5.20. The number of benzene rings is 1. The number of ketones is 1. The van der Waals surface area contributed by atoms with Crippen LogP contribution >= 0.6 is 0 Å². The molecule has 2 aliphatic heterocycles. The maximum absolute atomic E-state index is 14.4. The fraction of sp³-hybridized carbons (Fsp3) is 0.577. The Morgan fingerprint density at radius 3 is 2.50 bits per heavy atom. The number of nitrogens with zero attached hydrogens (tertiary/aromatic N) is 2. The van der Waals surface area contributed by atoms with E-state index in [1.807, 2.05) is 0 Å². The molecule has 0 bridgehead atoms. The van der Waals surface area contributed by atoms with Gasteiger partial charge in [-0.1, -0.05) is 42.6 Å². The first-order valence-corrected chi connectivity index (χ1v) is 12.1. The molecule has 1 aliphatic carbocycles. The van der Waals surface area contributed by atoms with Crippen LogP contribution in [0, 0.1) is 12.8 Å². The van der Waals surface area contributed by atoms with Crippen molar-refractivity contribution in [1.82, 2.24) is 0 Å². The molecule has 196 valence electrons. The standard InChI is InChI=1S/C26H28F6N2O2/c1-15-9-12-18(13-19(15)22(35)8-4-6-17-10-11-17)21-14-24(36-34-21,26(30,31)32)20-7-3-5-16(2)33-23(20)25(27,28)29/h7,9,12-13,16-17H,3-6,8,10-11,14H2,1-2H3. The molecule has 0 saturated heterocycles. The van der Waals surface area contributed by atoms with Crippen molar-refractivity contribution in [3.05, 3.63) is 46.5 Å². The van der Waals surface area contributed by atoms with Gasteiger partial charge in [-0.15, -0.1) is 0 Å². The number of oxime groups is 1. The predicted molar refractivity (Wildman–Crippen MR) is 123 cm³/mol. The van der Waals surface area contributed by atoms with Crippen LogP contribution in [0.2, 0.25) is 0 Å². The van der Waals surface area contributed by atoms with Gasteiger partial charge in [0.05, 0.1) is 12.1 Å². The molecule has 1 aromatic carbocycles. The molecule has 1 fully saturated rings. The van der Waals surface area contributed by atoms with E-state index < -0.39 is 41.7 Å². The molecule has 0 N–H and O–H groups in total. The molecule has 2 atom stereocenters. The number of hydrogen-bond donors (Lipinski definition) is 0. The zero-order valence-corrected chi connectivity index (χ0v) is 20.1. The Kier molecular flexibility index (Phi) is 7.09. The number of aliphatic imine (C=N–C) groups is 1. The summed E-state index contributed by atoms with van der Waals surface area (Å²) in [6.07, 6.45) is -5.78. The molecular weight excluding hydrogens is 486 g/mol. The molecule has 2 heterocycles. The number of halogens is 6. The summed E-state index contributed by atoms with van der Waals surface area (Å²) in [4.78, 5) is 21.2. The smallest absolute Gasteiger partial charge is 0.374 e. The van der Waals surface area contributed by atoms with E-state index in [-0.39, 0.29) is 29.9 Å². The summed E-state index contributed by atoms with van der Waals surface area (Å²) in [5.74, 6) is 0.556. The van der Waals surface area contributed by atoms with E-state index >= 15 is 0 Å². The van der Waals surface area contributed by atoms with Crippen molar-refractivity contribution in [3.8, 4) is 0 Å². The molecule has 0 aromatic heterocycles. The monoisotopic (exact) mass is 514 g/mol. The van der Waals surface area contributed by atoms with E-state index in [4.69, 9.17) is 4.84 Å². The molecule has 10 heteroatoms. The molecule has 4 nitrogen and oxygen atoms in total. The number of Topliss-reactive ketones (excluding diaryl/α,β-unsaturated/α-hetero) is 1. The number of hydrogen-bond acceptors (Lipinski definition) is 4. The van der Waals surface area contributed by atoms with E-state index in [2.05, 4.69) is 10.1 Å². The molecule has 0 amide bonds. The van der Waals surface area contributed by atoms with E-state index in [9.17, 15) is 31.1 Å². The van der Waals surface area contributed by atoms with Gasteiger partial charge in [-0.3, -0.25) is 9.79 Å². The molecule has 2 unspecified atom stereocenters. The van der Waals surface area contributed by atoms with Gasteiger partial charge in [0.2, 0.25) is 0 Å². The summed E-state index contributed by atoms with van der Waals surface area (Å²) in [6.45, 7) is 3.16. The lowest BCUT2D eigenvalue weighted by molar-refractivity contribution is -0.251. The lowest BCUT2D eigenvalue weighted by Gasteiger charge is -2.32. The van der Waals surface area contributed by atoms with Gasteiger partial charge in [-0.05, 0) is 50.7 Å². The highest BCUT2D eigenvalue weighted by Crippen LogP contribution is 2.49. The Balaban J connectivity index is 1.64. The Labute approximate surface area is 205 Å². The fourth-order valence-corrected chi connectivity index (χ4v) is 4.73. The second-order valence-electron chi connectivity index (χ2n) is 9.94. The summed E-state index contributed by atoms with van der Waals surface area (Å²) < 4.78 is 84.9. The largest absolute Gasteiger partial charge is 0.435 e. The van der Waals surface area contributed by atoms with E-state index in [0.717, 1.165) is 18.9 Å². The highest BCUT2D eigenvalue weighted by atomic mass is 19.4. The molecule has 1 saturated carbocycles. The first kappa shape index (κ1) is 26.4. The van der Waals surface area contributed by atoms with Crippen LogP contribution in [0.4, 0.5) is 26.3 Å². The van der Waals surface area contributed by atoms with Crippen molar-refractivity contribution >= 4 is 17.2 Å². The Morgan fingerprint density at radius 1 is 1.14 bits per heavy atom. The highest BCUT2D eigenvalue weighted by Gasteiger charge is 2.66. The Bertz CT molecular complexity index is 1110. The van der Waals surface area contributed by atoms with Crippen LogP contribution in [0.25, 0.3) is 0 Å². The van der Waals surface area contributed by atoms with Gasteiger partial charge in [0.1, 0.15) is 5.71 Å². The van der Waals surface area contributed by atoms with Gasteiger partial charge in [0, 0.05) is 29.2 Å². The summed E-state index contributed by atoms with van der Waals surface area (Å²) >= 11 is 0. The average Bonchev–Trinajstić information content (AvgIpc) is 3.53. The quantitative estimate of drug-likeness (QED) is 0.283. The van der Waals surface area contributed by atoms with Crippen LogP contribution < -0.4 is 0 Å². The van der Waals surface area contributed by atoms with Gasteiger partial charge in [0.15, 0.2) is 5.78 Å². The first-order valence-electron chi connectivity index (χ1n) is 12.1. The predicted octanol–water partition coefficient (Wildman–Crippen LogP) is 7.30. The van der Waals surface area contributed by atoms with Crippen LogP contribution in [0.3, 0.4) is 0 Å². The summed E-state index contributed by atoms with van der Waals surface area (Å²) in [5, 5.41) is 3.61. The molecule has 0 spiro atoms. The van der Waals surface area contributed by atoms with E-state index in [0.29, 0.717) is 23.5 Å². The lowest BCUT2D eigenvalue weighted by Crippen LogP contribution is -2.51. The van der Waals surface area contributed by atoms with Gasteiger partial charge in [-0.2, -0.15) is 26.3 Å². The minimum Gasteiger partial charge on any atom is -0.374 e. The zero-order valence-electron chi connectivity index (χ0n) is 20.1.